The molecule has 0 spiro atoms. The molecule has 7 heteroatoms. The molecule has 1 fully saturated rings. The average molecular weight is 352 g/mol. The SMILES string of the molecule is Cc1cccc(Nc2nc(N3C[C@@H](C)O[C@H](C)C3)nc3c2cnn3C)c1. The number of hydrogen-bond donors (Lipinski definition) is 1. The molecule has 7 nitrogen and oxygen atoms in total. The second-order valence-electron chi connectivity index (χ2n) is 7.03. The molecule has 136 valence electrons. The highest BCUT2D eigenvalue weighted by molar-refractivity contribution is 5.89. The van der Waals surface area contributed by atoms with Crippen LogP contribution in [0, 0.1) is 6.92 Å². The molecule has 26 heavy (non-hydrogen) atoms. The van der Waals surface area contributed by atoms with Crippen LogP contribution in [0.3, 0.4) is 0 Å². The monoisotopic (exact) mass is 352 g/mol. The fourth-order valence-corrected chi connectivity index (χ4v) is 3.45. The van der Waals surface area contributed by atoms with Gasteiger partial charge in [0.15, 0.2) is 5.65 Å². The lowest BCUT2D eigenvalue weighted by Crippen LogP contribution is -2.46. The zero-order valence-corrected chi connectivity index (χ0v) is 15.6. The van der Waals surface area contributed by atoms with E-state index >= 15 is 0 Å². The van der Waals surface area contributed by atoms with E-state index in [9.17, 15) is 0 Å². The number of fused-ring (bicyclic) bond motifs is 1. The van der Waals surface area contributed by atoms with Crippen LogP contribution in [0.5, 0.6) is 0 Å². The molecule has 1 aliphatic heterocycles. The van der Waals surface area contributed by atoms with Crippen LogP contribution in [0.25, 0.3) is 11.0 Å². The molecule has 0 amide bonds. The van der Waals surface area contributed by atoms with Gasteiger partial charge in [-0.25, -0.2) is 0 Å². The summed E-state index contributed by atoms with van der Waals surface area (Å²) in [5.74, 6) is 1.48. The Morgan fingerprint density at radius 1 is 1.15 bits per heavy atom. The second kappa shape index (κ2) is 6.57. The van der Waals surface area contributed by atoms with Crippen molar-refractivity contribution in [3.8, 4) is 0 Å². The van der Waals surface area contributed by atoms with Gasteiger partial charge >= 0.3 is 0 Å². The van der Waals surface area contributed by atoms with E-state index < -0.39 is 0 Å². The minimum absolute atomic E-state index is 0.151. The van der Waals surface area contributed by atoms with Gasteiger partial charge in [-0.2, -0.15) is 15.1 Å². The molecule has 1 saturated heterocycles. The molecule has 0 aliphatic carbocycles. The number of aryl methyl sites for hydroxylation is 2. The lowest BCUT2D eigenvalue weighted by molar-refractivity contribution is -0.00569. The zero-order valence-electron chi connectivity index (χ0n) is 15.6. The van der Waals surface area contributed by atoms with E-state index in [0.717, 1.165) is 35.6 Å². The number of anilines is 3. The minimum atomic E-state index is 0.151. The number of morpholine rings is 1. The summed E-state index contributed by atoms with van der Waals surface area (Å²) in [7, 11) is 1.90. The van der Waals surface area contributed by atoms with Gasteiger partial charge in [0.1, 0.15) is 5.82 Å². The molecular formula is C19H24N6O. The first kappa shape index (κ1) is 16.8. The Morgan fingerprint density at radius 2 is 1.92 bits per heavy atom. The smallest absolute Gasteiger partial charge is 0.229 e. The maximum atomic E-state index is 5.84. The molecule has 0 radical (unpaired) electrons. The van der Waals surface area contributed by atoms with E-state index in [4.69, 9.17) is 14.7 Å². The first-order valence-electron chi connectivity index (χ1n) is 8.93. The summed E-state index contributed by atoms with van der Waals surface area (Å²) in [6.45, 7) is 7.79. The van der Waals surface area contributed by atoms with Crippen LogP contribution >= 0.6 is 0 Å². The highest BCUT2D eigenvalue weighted by Gasteiger charge is 2.25. The van der Waals surface area contributed by atoms with E-state index in [1.807, 2.05) is 25.4 Å². The van der Waals surface area contributed by atoms with Crippen molar-refractivity contribution in [1.29, 1.82) is 0 Å². The number of hydrogen-bond acceptors (Lipinski definition) is 6. The Morgan fingerprint density at radius 3 is 2.65 bits per heavy atom. The Bertz CT molecular complexity index is 927. The first-order chi connectivity index (χ1) is 12.5. The predicted octanol–water partition coefficient (Wildman–Crippen LogP) is 3.03. The van der Waals surface area contributed by atoms with Crippen LogP contribution in [0.15, 0.2) is 30.5 Å². The zero-order chi connectivity index (χ0) is 18.3. The largest absolute Gasteiger partial charge is 0.372 e. The number of rotatable bonds is 3. The molecule has 3 heterocycles. The summed E-state index contributed by atoms with van der Waals surface area (Å²) in [5.41, 5.74) is 3.02. The molecular weight excluding hydrogens is 328 g/mol. The lowest BCUT2D eigenvalue weighted by atomic mass is 10.2. The topological polar surface area (TPSA) is 68.1 Å². The molecule has 1 aliphatic rings. The van der Waals surface area contributed by atoms with E-state index in [-0.39, 0.29) is 12.2 Å². The van der Waals surface area contributed by atoms with Gasteiger partial charge in [-0.15, -0.1) is 0 Å². The van der Waals surface area contributed by atoms with E-state index in [2.05, 4.69) is 48.2 Å². The van der Waals surface area contributed by atoms with Crippen LogP contribution in [-0.2, 0) is 11.8 Å². The van der Waals surface area contributed by atoms with Crippen molar-refractivity contribution in [2.45, 2.75) is 33.0 Å². The standard InChI is InChI=1S/C19H24N6O/c1-12-6-5-7-15(8-12)21-17-16-9-20-24(4)18(16)23-19(22-17)25-10-13(2)26-14(3)11-25/h5-9,13-14H,10-11H2,1-4H3,(H,21,22,23)/t13-,14-/m1/s1. The van der Waals surface area contributed by atoms with Gasteiger partial charge in [0.05, 0.1) is 23.8 Å². The Balaban J connectivity index is 1.76. The summed E-state index contributed by atoms with van der Waals surface area (Å²) in [5, 5.41) is 8.71. The van der Waals surface area contributed by atoms with Crippen LogP contribution in [0.4, 0.5) is 17.5 Å². The number of aromatic nitrogens is 4. The van der Waals surface area contributed by atoms with Crippen LogP contribution < -0.4 is 10.2 Å². The summed E-state index contributed by atoms with van der Waals surface area (Å²) in [6.07, 6.45) is 2.11. The second-order valence-corrected chi connectivity index (χ2v) is 7.03. The van der Waals surface area contributed by atoms with Gasteiger partial charge in [0, 0.05) is 25.8 Å². The van der Waals surface area contributed by atoms with Gasteiger partial charge in [0.25, 0.3) is 0 Å². The maximum absolute atomic E-state index is 5.84. The Labute approximate surface area is 153 Å². The molecule has 0 unspecified atom stereocenters. The first-order valence-corrected chi connectivity index (χ1v) is 8.93. The molecule has 2 atom stereocenters. The highest BCUT2D eigenvalue weighted by atomic mass is 16.5. The van der Waals surface area contributed by atoms with Crippen molar-refractivity contribution in [2.24, 2.45) is 7.05 Å². The van der Waals surface area contributed by atoms with E-state index in [0.29, 0.717) is 5.95 Å². The molecule has 3 aromatic rings. The fourth-order valence-electron chi connectivity index (χ4n) is 3.45. The van der Waals surface area contributed by atoms with Gasteiger partial charge in [-0.3, -0.25) is 4.68 Å². The number of benzene rings is 1. The maximum Gasteiger partial charge on any atom is 0.229 e. The van der Waals surface area contributed by atoms with E-state index in [1.165, 1.54) is 5.56 Å². The normalized spacial score (nSPS) is 20.5. The predicted molar refractivity (Wildman–Crippen MR) is 103 cm³/mol. The van der Waals surface area contributed by atoms with E-state index in [1.54, 1.807) is 4.68 Å². The Kier molecular flexibility index (Phi) is 4.24. The van der Waals surface area contributed by atoms with Crippen molar-refractivity contribution in [2.75, 3.05) is 23.3 Å². The van der Waals surface area contributed by atoms with Crippen molar-refractivity contribution in [1.82, 2.24) is 19.7 Å². The third-order valence-corrected chi connectivity index (χ3v) is 4.56. The van der Waals surface area contributed by atoms with Crippen LogP contribution in [0.2, 0.25) is 0 Å². The minimum Gasteiger partial charge on any atom is -0.372 e. The van der Waals surface area contributed by atoms with Crippen molar-refractivity contribution < 1.29 is 4.74 Å². The molecule has 1 aromatic carbocycles. The molecule has 2 aromatic heterocycles. The fraction of sp³-hybridized carbons (Fsp3) is 0.421. The number of nitrogens with zero attached hydrogens (tertiary/aromatic N) is 5. The molecule has 0 saturated carbocycles. The Hall–Kier alpha value is -2.67. The third kappa shape index (κ3) is 3.22. The van der Waals surface area contributed by atoms with Crippen LogP contribution in [0.1, 0.15) is 19.4 Å². The van der Waals surface area contributed by atoms with Crippen molar-refractivity contribution >= 4 is 28.5 Å². The van der Waals surface area contributed by atoms with Crippen molar-refractivity contribution in [3.63, 3.8) is 0 Å². The third-order valence-electron chi connectivity index (χ3n) is 4.56. The lowest BCUT2D eigenvalue weighted by Gasteiger charge is -2.35. The summed E-state index contributed by atoms with van der Waals surface area (Å²) >= 11 is 0. The summed E-state index contributed by atoms with van der Waals surface area (Å²) < 4.78 is 7.63. The number of ether oxygens (including phenoxy) is 1. The molecule has 0 bridgehead atoms. The van der Waals surface area contributed by atoms with Crippen molar-refractivity contribution in [3.05, 3.63) is 36.0 Å². The molecule has 4 rings (SSSR count). The highest BCUT2D eigenvalue weighted by Crippen LogP contribution is 2.27. The van der Waals surface area contributed by atoms with Gasteiger partial charge in [-0.1, -0.05) is 12.1 Å². The van der Waals surface area contributed by atoms with Gasteiger partial charge in [0.2, 0.25) is 5.95 Å². The molecule has 1 N–H and O–H groups in total. The quantitative estimate of drug-likeness (QED) is 0.781. The summed E-state index contributed by atoms with van der Waals surface area (Å²) in [6, 6.07) is 8.25. The average Bonchev–Trinajstić information content (AvgIpc) is 2.96. The number of nitrogens with one attached hydrogen (secondary N) is 1. The van der Waals surface area contributed by atoms with Gasteiger partial charge < -0.3 is 15.0 Å². The van der Waals surface area contributed by atoms with Gasteiger partial charge in [-0.05, 0) is 38.5 Å². The van der Waals surface area contributed by atoms with Crippen LogP contribution in [-0.4, -0.2) is 45.0 Å². The summed E-state index contributed by atoms with van der Waals surface area (Å²) in [4.78, 5) is 11.8.